The van der Waals surface area contributed by atoms with Crippen LogP contribution in [-0.2, 0) is 15.9 Å². The number of rotatable bonds is 9. The van der Waals surface area contributed by atoms with Gasteiger partial charge >= 0.3 is 12.1 Å². The normalized spacial score (nSPS) is 11.4. The highest BCUT2D eigenvalue weighted by atomic mass is 16.6. The summed E-state index contributed by atoms with van der Waals surface area (Å²) < 4.78 is 10.7. The summed E-state index contributed by atoms with van der Waals surface area (Å²) in [6, 6.07) is 22.3. The third-order valence-corrected chi connectivity index (χ3v) is 7.92. The number of carbonyl (C=O) groups is 4. The molecule has 0 aliphatic rings. The van der Waals surface area contributed by atoms with E-state index in [0.717, 1.165) is 16.8 Å². The zero-order valence-corrected chi connectivity index (χ0v) is 31.3. The topological polar surface area (TPSA) is 189 Å². The minimum atomic E-state index is -0.924. The van der Waals surface area contributed by atoms with E-state index in [4.69, 9.17) is 19.9 Å². The molecule has 0 aliphatic heterocycles. The molecule has 54 heavy (non-hydrogen) atoms. The molecule has 0 bridgehead atoms. The fraction of sp³-hybridized carbons (Fsp3) is 0.268. The first-order chi connectivity index (χ1) is 25.5. The van der Waals surface area contributed by atoms with Gasteiger partial charge < -0.3 is 14.5 Å². The van der Waals surface area contributed by atoms with Crippen molar-refractivity contribution in [2.45, 2.75) is 72.5 Å². The molecule has 13 heteroatoms. The number of ketones is 1. The Bertz CT molecular complexity index is 2180. The van der Waals surface area contributed by atoms with Crippen molar-refractivity contribution in [1.29, 1.82) is 5.41 Å². The summed E-state index contributed by atoms with van der Waals surface area (Å²) in [5.41, 5.74) is 4.07. The molecule has 1 aromatic carbocycles. The number of aromatic amines is 1. The number of H-pyrrole nitrogens is 1. The van der Waals surface area contributed by atoms with Crippen LogP contribution >= 0.6 is 0 Å². The van der Waals surface area contributed by atoms with Crippen LogP contribution < -0.4 is 10.6 Å². The van der Waals surface area contributed by atoms with Gasteiger partial charge in [-0.15, -0.1) is 0 Å². The number of hydrogen-bond donors (Lipinski definition) is 4. The van der Waals surface area contributed by atoms with Crippen LogP contribution in [0, 0.1) is 12.3 Å². The first kappa shape index (κ1) is 38.7. The maximum absolute atomic E-state index is 13.6. The van der Waals surface area contributed by atoms with Gasteiger partial charge in [-0.3, -0.25) is 35.6 Å². The first-order valence-electron chi connectivity index (χ1n) is 17.3. The van der Waals surface area contributed by atoms with Gasteiger partial charge in [-0.2, -0.15) is 0 Å². The Morgan fingerprint density at radius 1 is 0.741 bits per heavy atom. The van der Waals surface area contributed by atoms with E-state index in [-0.39, 0.29) is 30.0 Å². The van der Waals surface area contributed by atoms with Gasteiger partial charge in [0.2, 0.25) is 5.96 Å². The third-order valence-electron chi connectivity index (χ3n) is 7.92. The molecule has 278 valence electrons. The van der Waals surface area contributed by atoms with Crippen LogP contribution in [0.3, 0.4) is 0 Å². The number of carbonyl (C=O) groups excluding carboxylic acids is 4. The minimum absolute atomic E-state index is 0.000797. The molecule has 2 amide bonds. The smallest absolute Gasteiger partial charge is 0.414 e. The lowest BCUT2D eigenvalue weighted by molar-refractivity contribution is 0.00623. The lowest BCUT2D eigenvalue weighted by Crippen LogP contribution is -2.45. The number of ether oxygens (including phenoxy) is 2. The van der Waals surface area contributed by atoms with Crippen molar-refractivity contribution in [3.63, 3.8) is 0 Å². The number of nitrogens with zero attached hydrogens (tertiary/aromatic N) is 3. The number of pyridine rings is 3. The predicted molar refractivity (Wildman–Crippen MR) is 204 cm³/mol. The highest BCUT2D eigenvalue weighted by molar-refractivity contribution is 6.09. The van der Waals surface area contributed by atoms with Crippen molar-refractivity contribution in [3.05, 3.63) is 113 Å². The molecule has 13 nitrogen and oxygen atoms in total. The molecule has 0 atom stereocenters. The fourth-order valence-corrected chi connectivity index (χ4v) is 5.55. The summed E-state index contributed by atoms with van der Waals surface area (Å²) in [6.07, 6.45) is 2.58. The molecule has 0 saturated heterocycles. The van der Waals surface area contributed by atoms with E-state index in [0.29, 0.717) is 33.8 Å². The van der Waals surface area contributed by atoms with Crippen molar-refractivity contribution in [1.82, 2.24) is 30.6 Å². The Morgan fingerprint density at radius 2 is 1.37 bits per heavy atom. The lowest BCUT2D eigenvalue weighted by Gasteiger charge is -2.19. The van der Waals surface area contributed by atoms with Crippen LogP contribution in [0.4, 0.5) is 4.79 Å². The second-order valence-electron chi connectivity index (χ2n) is 14.5. The Kier molecular flexibility index (Phi) is 11.5. The average molecular weight is 730 g/mol. The zero-order chi connectivity index (χ0) is 39.2. The van der Waals surface area contributed by atoms with Gasteiger partial charge in [-0.25, -0.2) is 14.6 Å². The van der Waals surface area contributed by atoms with Crippen molar-refractivity contribution >= 4 is 29.7 Å². The van der Waals surface area contributed by atoms with Crippen LogP contribution in [0.5, 0.6) is 0 Å². The third kappa shape index (κ3) is 9.88. The Labute approximate surface area is 313 Å². The molecule has 0 spiro atoms. The van der Waals surface area contributed by atoms with Gasteiger partial charge in [0, 0.05) is 29.9 Å². The maximum atomic E-state index is 13.6. The van der Waals surface area contributed by atoms with Crippen LogP contribution in [0.1, 0.15) is 90.4 Å². The Balaban J connectivity index is 1.37. The number of Topliss-reactive ketones (excluding diaryl/α,β-unsaturated/α-hetero) is 1. The molecule has 5 aromatic rings. The average Bonchev–Trinajstić information content (AvgIpc) is 3.45. The van der Waals surface area contributed by atoms with E-state index in [2.05, 4.69) is 25.6 Å². The number of esters is 1. The number of aromatic nitrogens is 4. The summed E-state index contributed by atoms with van der Waals surface area (Å²) >= 11 is 0. The van der Waals surface area contributed by atoms with Crippen LogP contribution in [-0.4, -0.2) is 60.9 Å². The molecular formula is C41H43N7O6. The fourth-order valence-electron chi connectivity index (χ4n) is 5.55. The summed E-state index contributed by atoms with van der Waals surface area (Å²) in [7, 11) is 0. The standard InChI is InChI=1S/C41H43N7O6/c1-24-27(35(46-33(24)37(51)53-40(2,3)4)36(50)47-38(42)48-39(52)54-41(5,6)7)19-21-32(49)26-16-14-25(15-17-26)28-18-20-30(29-12-8-10-22-43-29)45-34(28)31-13-9-11-23-44-31/h8-18,20,22-23,46H,19,21H2,1-7H3,(H3,42,47,48,50,52). The van der Waals surface area contributed by atoms with E-state index >= 15 is 0 Å². The van der Waals surface area contributed by atoms with E-state index in [9.17, 15) is 19.2 Å². The molecule has 0 unspecified atom stereocenters. The Hall–Kier alpha value is -6.50. The molecule has 0 radical (unpaired) electrons. The van der Waals surface area contributed by atoms with E-state index in [1.165, 1.54) is 0 Å². The number of guanidine groups is 1. The van der Waals surface area contributed by atoms with Crippen molar-refractivity contribution in [2.75, 3.05) is 0 Å². The number of nitrogens with one attached hydrogen (secondary N) is 4. The highest BCUT2D eigenvalue weighted by Crippen LogP contribution is 2.32. The van der Waals surface area contributed by atoms with Gasteiger partial charge in [0.25, 0.3) is 5.91 Å². The monoisotopic (exact) mass is 729 g/mol. The van der Waals surface area contributed by atoms with Crippen LogP contribution in [0.25, 0.3) is 33.9 Å². The number of hydrogen-bond acceptors (Lipinski definition) is 10. The van der Waals surface area contributed by atoms with E-state index in [1.54, 1.807) is 73.0 Å². The number of benzene rings is 1. The molecular weight excluding hydrogens is 686 g/mol. The van der Waals surface area contributed by atoms with Gasteiger partial charge in [-0.05, 0) is 108 Å². The molecule has 4 aromatic heterocycles. The summed E-state index contributed by atoms with van der Waals surface area (Å²) in [5.74, 6) is -2.31. The zero-order valence-electron chi connectivity index (χ0n) is 31.3. The van der Waals surface area contributed by atoms with Gasteiger partial charge in [0.15, 0.2) is 5.78 Å². The summed E-state index contributed by atoms with van der Waals surface area (Å²) in [4.78, 5) is 69.0. The second kappa shape index (κ2) is 16.0. The molecule has 4 N–H and O–H groups in total. The molecule has 0 aliphatic carbocycles. The summed E-state index contributed by atoms with van der Waals surface area (Å²) in [6.45, 7) is 11.8. The molecule has 5 rings (SSSR count). The predicted octanol–water partition coefficient (Wildman–Crippen LogP) is 7.47. The van der Waals surface area contributed by atoms with Gasteiger partial charge in [0.05, 0.1) is 22.8 Å². The van der Waals surface area contributed by atoms with Crippen molar-refractivity contribution < 1.29 is 28.7 Å². The molecule has 4 heterocycles. The second-order valence-corrected chi connectivity index (χ2v) is 14.5. The van der Waals surface area contributed by atoms with Gasteiger partial charge in [-0.1, -0.05) is 36.4 Å². The van der Waals surface area contributed by atoms with Crippen molar-refractivity contribution in [2.24, 2.45) is 0 Å². The largest absolute Gasteiger partial charge is 0.455 e. The maximum Gasteiger partial charge on any atom is 0.414 e. The van der Waals surface area contributed by atoms with Crippen molar-refractivity contribution in [3.8, 4) is 33.9 Å². The van der Waals surface area contributed by atoms with Crippen LogP contribution in [0.15, 0.2) is 85.2 Å². The van der Waals surface area contributed by atoms with Gasteiger partial charge in [0.1, 0.15) is 22.6 Å². The number of alkyl carbamates (subject to hydrolysis) is 1. The Morgan fingerprint density at radius 3 is 1.96 bits per heavy atom. The molecule has 0 fully saturated rings. The number of amides is 2. The molecule has 0 saturated carbocycles. The quantitative estimate of drug-likeness (QED) is 0.0516. The summed E-state index contributed by atoms with van der Waals surface area (Å²) in [5, 5.41) is 12.6. The van der Waals surface area contributed by atoms with E-state index < -0.39 is 35.1 Å². The lowest BCUT2D eigenvalue weighted by atomic mass is 9.96. The minimum Gasteiger partial charge on any atom is -0.455 e. The van der Waals surface area contributed by atoms with E-state index in [1.807, 2.05) is 60.7 Å². The SMILES string of the molecule is Cc1c(C(=O)OC(C)(C)C)[nH]c(C(=O)NC(=N)NC(=O)OC(C)(C)C)c1CCC(=O)c1ccc(-c2ccc(-c3ccccn3)nc2-c2ccccn2)cc1. The highest BCUT2D eigenvalue weighted by Gasteiger charge is 2.28. The van der Waals surface area contributed by atoms with Crippen LogP contribution in [0.2, 0.25) is 0 Å². The first-order valence-corrected chi connectivity index (χ1v) is 17.3.